The molecule has 0 aliphatic heterocycles. The number of hydrogen-bond donors (Lipinski definition) is 0. The lowest BCUT2D eigenvalue weighted by atomic mass is 10.3. The quantitative estimate of drug-likeness (QED) is 0.201. The van der Waals surface area contributed by atoms with E-state index in [4.69, 9.17) is 5.53 Å². The average molecular weight is 166 g/mol. The minimum absolute atomic E-state index is 0.0631. The van der Waals surface area contributed by atoms with Gasteiger partial charge in [-0.25, -0.2) is 4.79 Å². The van der Waals surface area contributed by atoms with Gasteiger partial charge in [0.2, 0.25) is 0 Å². The Labute approximate surface area is 70.8 Å². The van der Waals surface area contributed by atoms with Gasteiger partial charge in [-0.1, -0.05) is 18.7 Å². The highest BCUT2D eigenvalue weighted by Gasteiger charge is 2.18. The van der Waals surface area contributed by atoms with E-state index in [1.54, 1.807) is 0 Å². The maximum Gasteiger partial charge on any atom is 0.417 e. The van der Waals surface area contributed by atoms with Gasteiger partial charge in [-0.15, -0.1) is 6.58 Å². The second-order valence-corrected chi connectivity index (χ2v) is 1.93. The summed E-state index contributed by atoms with van der Waals surface area (Å²) in [6.07, 6.45) is 3.07. The lowest BCUT2D eigenvalue weighted by molar-refractivity contribution is -0.139. The van der Waals surface area contributed by atoms with Crippen LogP contribution in [0.3, 0.4) is 0 Å². The van der Waals surface area contributed by atoms with E-state index in [1.807, 2.05) is 0 Å². The van der Waals surface area contributed by atoms with Crippen LogP contribution in [0.5, 0.6) is 0 Å². The summed E-state index contributed by atoms with van der Waals surface area (Å²) in [5.74, 6) is -0.655. The van der Waals surface area contributed by atoms with Crippen molar-refractivity contribution >= 4 is 11.7 Å². The fourth-order valence-electron chi connectivity index (χ4n) is 0.520. The van der Waals surface area contributed by atoms with Crippen molar-refractivity contribution in [2.45, 2.75) is 6.42 Å². The number of hydrogen-bond acceptors (Lipinski definition) is 2. The molecular formula is C8H10N2O2. The van der Waals surface area contributed by atoms with Crippen molar-refractivity contribution in [3.8, 4) is 0 Å². The van der Waals surface area contributed by atoms with Crippen LogP contribution in [0.1, 0.15) is 6.42 Å². The van der Waals surface area contributed by atoms with Crippen LogP contribution in [0.25, 0.3) is 5.53 Å². The van der Waals surface area contributed by atoms with Gasteiger partial charge in [0, 0.05) is 0 Å². The van der Waals surface area contributed by atoms with Crippen molar-refractivity contribution < 1.29 is 14.3 Å². The van der Waals surface area contributed by atoms with Crippen LogP contribution in [-0.4, -0.2) is 23.1 Å². The predicted octanol–water partition coefficient (Wildman–Crippen LogP) is 0.962. The summed E-state index contributed by atoms with van der Waals surface area (Å²) in [4.78, 5) is 13.7. The van der Waals surface area contributed by atoms with Gasteiger partial charge in [0.15, 0.2) is 0 Å². The zero-order valence-corrected chi connectivity index (χ0v) is 6.69. The summed E-state index contributed by atoms with van der Waals surface area (Å²) in [6.45, 7) is 6.86. The molecule has 0 radical (unpaired) electrons. The summed E-state index contributed by atoms with van der Waals surface area (Å²) < 4.78 is 4.60. The normalized spacial score (nSPS) is 8.00. The van der Waals surface area contributed by atoms with E-state index < -0.39 is 5.97 Å². The van der Waals surface area contributed by atoms with Gasteiger partial charge in [-0.2, -0.15) is 4.79 Å². The Morgan fingerprint density at radius 3 is 2.58 bits per heavy atom. The number of carbonyl (C=O) groups is 1. The van der Waals surface area contributed by atoms with E-state index in [-0.39, 0.29) is 18.7 Å². The molecule has 0 atom stereocenters. The second kappa shape index (κ2) is 6.07. The van der Waals surface area contributed by atoms with Crippen molar-refractivity contribution in [3.63, 3.8) is 0 Å². The maximum absolute atomic E-state index is 10.9. The molecule has 0 fully saturated rings. The van der Waals surface area contributed by atoms with Crippen molar-refractivity contribution in [2.75, 3.05) is 6.61 Å². The summed E-state index contributed by atoms with van der Waals surface area (Å²) in [5, 5.41) is 0. The molecule has 0 bridgehead atoms. The Hall–Kier alpha value is -1.67. The molecule has 0 rings (SSSR count). The topological polar surface area (TPSA) is 62.7 Å². The highest BCUT2D eigenvalue weighted by molar-refractivity contribution is 6.34. The van der Waals surface area contributed by atoms with Crippen LogP contribution in [-0.2, 0) is 9.53 Å². The molecule has 4 heteroatoms. The molecule has 0 aliphatic rings. The average Bonchev–Trinajstić information content (AvgIpc) is 2.10. The molecule has 64 valence electrons. The lowest BCUT2D eigenvalue weighted by Gasteiger charge is -1.94. The highest BCUT2D eigenvalue weighted by Crippen LogP contribution is 1.88. The fraction of sp³-hybridized carbons (Fsp3) is 0.250. The first-order valence-corrected chi connectivity index (χ1v) is 3.36. The van der Waals surface area contributed by atoms with Gasteiger partial charge in [0.1, 0.15) is 6.61 Å². The monoisotopic (exact) mass is 166 g/mol. The van der Waals surface area contributed by atoms with Gasteiger partial charge in [0.05, 0.1) is 6.42 Å². The Balaban J connectivity index is 4.13. The van der Waals surface area contributed by atoms with E-state index >= 15 is 0 Å². The van der Waals surface area contributed by atoms with Crippen LogP contribution in [0.2, 0.25) is 0 Å². The van der Waals surface area contributed by atoms with Crippen LogP contribution in [0, 0.1) is 0 Å². The number of carbonyl (C=O) groups excluding carboxylic acids is 1. The molecule has 0 N–H and O–H groups in total. The molecule has 0 aliphatic carbocycles. The van der Waals surface area contributed by atoms with Gasteiger partial charge >= 0.3 is 11.7 Å². The molecule has 0 aromatic rings. The molecule has 12 heavy (non-hydrogen) atoms. The molecule has 0 heterocycles. The SMILES string of the molecule is C=CCOC(=O)C(CC=C)=[N+]=[N-]. The zero-order chi connectivity index (χ0) is 9.40. The number of ether oxygens (including phenoxy) is 1. The minimum Gasteiger partial charge on any atom is -0.453 e. The van der Waals surface area contributed by atoms with Gasteiger partial charge in [-0.3, -0.25) is 0 Å². The van der Waals surface area contributed by atoms with Crippen LogP contribution < -0.4 is 0 Å². The Morgan fingerprint density at radius 1 is 1.50 bits per heavy atom. The third kappa shape index (κ3) is 3.49. The van der Waals surface area contributed by atoms with E-state index in [0.29, 0.717) is 0 Å². The van der Waals surface area contributed by atoms with E-state index in [2.05, 4.69) is 22.7 Å². The zero-order valence-electron chi connectivity index (χ0n) is 6.69. The summed E-state index contributed by atoms with van der Waals surface area (Å²) in [6, 6.07) is 0. The Bertz CT molecular complexity index is 239. The smallest absolute Gasteiger partial charge is 0.417 e. The lowest BCUT2D eigenvalue weighted by Crippen LogP contribution is -2.17. The number of esters is 1. The third-order valence-electron chi connectivity index (χ3n) is 1.03. The molecule has 0 amide bonds. The molecule has 0 saturated heterocycles. The van der Waals surface area contributed by atoms with Gasteiger partial charge in [-0.05, 0) is 0 Å². The number of rotatable bonds is 5. The first-order chi connectivity index (χ1) is 5.76. The molecule has 0 aromatic heterocycles. The maximum atomic E-state index is 10.9. The highest BCUT2D eigenvalue weighted by atomic mass is 16.5. The van der Waals surface area contributed by atoms with Crippen LogP contribution >= 0.6 is 0 Å². The molecule has 0 aromatic carbocycles. The van der Waals surface area contributed by atoms with E-state index in [0.717, 1.165) is 0 Å². The number of nitrogens with zero attached hydrogens (tertiary/aromatic N) is 2. The Kier molecular flexibility index (Phi) is 5.22. The summed E-state index contributed by atoms with van der Waals surface area (Å²) >= 11 is 0. The van der Waals surface area contributed by atoms with Crippen molar-refractivity contribution in [3.05, 3.63) is 30.8 Å². The van der Waals surface area contributed by atoms with Gasteiger partial charge in [0.25, 0.3) is 0 Å². The minimum atomic E-state index is -0.655. The molecule has 4 nitrogen and oxygen atoms in total. The van der Waals surface area contributed by atoms with Crippen molar-refractivity contribution in [1.29, 1.82) is 0 Å². The first-order valence-electron chi connectivity index (χ1n) is 3.36. The van der Waals surface area contributed by atoms with Crippen molar-refractivity contribution in [2.24, 2.45) is 0 Å². The number of allylic oxidation sites excluding steroid dienone is 1. The largest absolute Gasteiger partial charge is 0.453 e. The van der Waals surface area contributed by atoms with Gasteiger partial charge < -0.3 is 10.3 Å². The molecule has 0 spiro atoms. The third-order valence-corrected chi connectivity index (χ3v) is 1.03. The molecular weight excluding hydrogens is 156 g/mol. The van der Waals surface area contributed by atoms with Crippen LogP contribution in [0.4, 0.5) is 0 Å². The molecule has 0 saturated carbocycles. The predicted molar refractivity (Wildman–Crippen MR) is 44.6 cm³/mol. The standard InChI is InChI=1S/C8H10N2O2/c1-3-5-7(10-9)8(11)12-6-4-2/h3-4H,1-2,5-6H2. The van der Waals surface area contributed by atoms with E-state index in [9.17, 15) is 4.79 Å². The first kappa shape index (κ1) is 10.3. The van der Waals surface area contributed by atoms with Crippen LogP contribution in [0.15, 0.2) is 25.3 Å². The molecule has 0 unspecified atom stereocenters. The summed E-state index contributed by atoms with van der Waals surface area (Å²) in [5.41, 5.74) is 8.28. The van der Waals surface area contributed by atoms with E-state index in [1.165, 1.54) is 12.2 Å². The second-order valence-electron chi connectivity index (χ2n) is 1.93. The van der Waals surface area contributed by atoms with Crippen molar-refractivity contribution in [1.82, 2.24) is 0 Å². The fourth-order valence-corrected chi connectivity index (χ4v) is 0.520. The summed E-state index contributed by atoms with van der Waals surface area (Å²) in [7, 11) is 0. The Morgan fingerprint density at radius 2 is 2.17 bits per heavy atom.